The Kier molecular flexibility index (Phi) is 5.55. The number of esters is 1. The van der Waals surface area contributed by atoms with Crippen LogP contribution in [0.2, 0.25) is 0 Å². The first kappa shape index (κ1) is 17.2. The molecule has 0 radical (unpaired) electrons. The van der Waals surface area contributed by atoms with E-state index in [2.05, 4.69) is 19.2 Å². The number of thiophene rings is 1. The minimum absolute atomic E-state index is 0.216. The lowest BCUT2D eigenvalue weighted by Crippen LogP contribution is -2.15. The third kappa shape index (κ3) is 3.99. The molecule has 2 aromatic rings. The Labute approximate surface area is 140 Å². The van der Waals surface area contributed by atoms with Gasteiger partial charge in [0, 0.05) is 5.56 Å². The maximum Gasteiger partial charge on any atom is 0.341 e. The maximum absolute atomic E-state index is 12.5. The standard InChI is InChI=1S/C18H21NO3S/c1-11(2)9-13-10-23-17(15(13)18(21)22-4)19-16(20)14-8-6-5-7-12(14)3/h5-8,10-11H,9H2,1-4H3,(H,19,20). The third-order valence-corrected chi connectivity index (χ3v) is 4.45. The number of methoxy groups -OCH3 is 1. The molecule has 0 aliphatic carbocycles. The zero-order chi connectivity index (χ0) is 17.0. The van der Waals surface area contributed by atoms with Crippen molar-refractivity contribution in [3.05, 3.63) is 51.9 Å². The Morgan fingerprint density at radius 1 is 1.26 bits per heavy atom. The number of hydrogen-bond acceptors (Lipinski definition) is 4. The van der Waals surface area contributed by atoms with Crippen LogP contribution in [0.5, 0.6) is 0 Å². The first-order valence-corrected chi connectivity index (χ1v) is 8.37. The minimum Gasteiger partial charge on any atom is -0.465 e. The van der Waals surface area contributed by atoms with Crippen molar-refractivity contribution >= 4 is 28.2 Å². The first-order valence-electron chi connectivity index (χ1n) is 7.49. The maximum atomic E-state index is 12.5. The minimum atomic E-state index is -0.415. The summed E-state index contributed by atoms with van der Waals surface area (Å²) >= 11 is 1.36. The molecule has 1 N–H and O–H groups in total. The van der Waals surface area contributed by atoms with Crippen LogP contribution in [0, 0.1) is 12.8 Å². The highest BCUT2D eigenvalue weighted by Crippen LogP contribution is 2.31. The lowest BCUT2D eigenvalue weighted by molar-refractivity contribution is 0.0601. The predicted molar refractivity (Wildman–Crippen MR) is 93.3 cm³/mol. The van der Waals surface area contributed by atoms with Gasteiger partial charge in [0.1, 0.15) is 5.00 Å². The highest BCUT2D eigenvalue weighted by molar-refractivity contribution is 7.15. The van der Waals surface area contributed by atoms with Gasteiger partial charge < -0.3 is 10.1 Å². The fourth-order valence-electron chi connectivity index (χ4n) is 2.40. The quantitative estimate of drug-likeness (QED) is 0.831. The summed E-state index contributed by atoms with van der Waals surface area (Å²) in [5.41, 5.74) is 2.87. The van der Waals surface area contributed by atoms with Crippen LogP contribution in [0.4, 0.5) is 5.00 Å². The Bertz CT molecular complexity index is 719. The van der Waals surface area contributed by atoms with Crippen LogP contribution in [-0.4, -0.2) is 19.0 Å². The molecule has 0 saturated carbocycles. The van der Waals surface area contributed by atoms with Crippen molar-refractivity contribution in [3.63, 3.8) is 0 Å². The van der Waals surface area contributed by atoms with Gasteiger partial charge in [-0.15, -0.1) is 11.3 Å². The van der Waals surface area contributed by atoms with Crippen LogP contribution in [0.1, 0.15) is 45.7 Å². The van der Waals surface area contributed by atoms with E-state index < -0.39 is 5.97 Å². The van der Waals surface area contributed by atoms with E-state index in [-0.39, 0.29) is 5.91 Å². The number of rotatable bonds is 5. The van der Waals surface area contributed by atoms with Crippen LogP contribution >= 0.6 is 11.3 Å². The zero-order valence-corrected chi connectivity index (χ0v) is 14.6. The number of nitrogens with one attached hydrogen (secondary N) is 1. The molecule has 5 heteroatoms. The smallest absolute Gasteiger partial charge is 0.341 e. The van der Waals surface area contributed by atoms with Gasteiger partial charge in [-0.25, -0.2) is 4.79 Å². The van der Waals surface area contributed by atoms with Crippen LogP contribution in [0.25, 0.3) is 0 Å². The summed E-state index contributed by atoms with van der Waals surface area (Å²) in [4.78, 5) is 24.6. The second-order valence-electron chi connectivity index (χ2n) is 5.82. The molecule has 0 aliphatic rings. The predicted octanol–water partition coefficient (Wildman–Crippen LogP) is 4.29. The number of benzene rings is 1. The molecule has 1 aromatic carbocycles. The van der Waals surface area contributed by atoms with Gasteiger partial charge >= 0.3 is 5.97 Å². The molecule has 2 rings (SSSR count). The number of carbonyl (C=O) groups is 2. The van der Waals surface area contributed by atoms with E-state index >= 15 is 0 Å². The van der Waals surface area contributed by atoms with Crippen molar-refractivity contribution < 1.29 is 14.3 Å². The molecule has 23 heavy (non-hydrogen) atoms. The summed E-state index contributed by atoms with van der Waals surface area (Å²) in [6.07, 6.45) is 0.765. The summed E-state index contributed by atoms with van der Waals surface area (Å²) < 4.78 is 4.88. The molecule has 0 bridgehead atoms. The van der Waals surface area contributed by atoms with E-state index in [4.69, 9.17) is 4.74 Å². The molecule has 1 aromatic heterocycles. The Balaban J connectivity index is 2.32. The van der Waals surface area contributed by atoms with Crippen molar-refractivity contribution in [1.29, 1.82) is 0 Å². The van der Waals surface area contributed by atoms with Gasteiger partial charge in [-0.2, -0.15) is 0 Å². The monoisotopic (exact) mass is 331 g/mol. The van der Waals surface area contributed by atoms with Gasteiger partial charge in [0.05, 0.1) is 12.7 Å². The average molecular weight is 331 g/mol. The van der Waals surface area contributed by atoms with Gasteiger partial charge in [-0.1, -0.05) is 32.0 Å². The van der Waals surface area contributed by atoms with E-state index in [1.165, 1.54) is 18.4 Å². The van der Waals surface area contributed by atoms with Crippen molar-refractivity contribution in [2.45, 2.75) is 27.2 Å². The summed E-state index contributed by atoms with van der Waals surface area (Å²) in [6.45, 7) is 6.06. The molecule has 122 valence electrons. The van der Waals surface area contributed by atoms with Crippen molar-refractivity contribution in [3.8, 4) is 0 Å². The third-order valence-electron chi connectivity index (χ3n) is 3.50. The van der Waals surface area contributed by atoms with Gasteiger partial charge in [-0.05, 0) is 41.8 Å². The summed E-state index contributed by atoms with van der Waals surface area (Å²) in [5.74, 6) is -0.221. The molecular weight excluding hydrogens is 310 g/mol. The highest BCUT2D eigenvalue weighted by atomic mass is 32.1. The zero-order valence-electron chi connectivity index (χ0n) is 13.8. The van der Waals surface area contributed by atoms with E-state index in [0.29, 0.717) is 22.0 Å². The van der Waals surface area contributed by atoms with Gasteiger partial charge in [0.2, 0.25) is 0 Å². The second kappa shape index (κ2) is 7.42. The van der Waals surface area contributed by atoms with Crippen LogP contribution in [0.15, 0.2) is 29.6 Å². The molecule has 0 saturated heterocycles. The Morgan fingerprint density at radius 2 is 1.96 bits per heavy atom. The van der Waals surface area contributed by atoms with Crippen molar-refractivity contribution in [2.24, 2.45) is 5.92 Å². The van der Waals surface area contributed by atoms with Gasteiger partial charge in [0.15, 0.2) is 0 Å². The van der Waals surface area contributed by atoms with E-state index in [0.717, 1.165) is 17.5 Å². The van der Waals surface area contributed by atoms with Crippen LogP contribution < -0.4 is 5.32 Å². The number of anilines is 1. The number of hydrogen-bond donors (Lipinski definition) is 1. The van der Waals surface area contributed by atoms with E-state index in [1.807, 2.05) is 30.5 Å². The van der Waals surface area contributed by atoms with Gasteiger partial charge in [0.25, 0.3) is 5.91 Å². The van der Waals surface area contributed by atoms with E-state index in [1.54, 1.807) is 6.07 Å². The van der Waals surface area contributed by atoms with Crippen molar-refractivity contribution in [2.75, 3.05) is 12.4 Å². The largest absolute Gasteiger partial charge is 0.465 e. The normalized spacial score (nSPS) is 10.7. The average Bonchev–Trinajstić information content (AvgIpc) is 2.88. The molecule has 0 unspecified atom stereocenters. The van der Waals surface area contributed by atoms with Gasteiger partial charge in [-0.3, -0.25) is 4.79 Å². The molecule has 1 heterocycles. The fourth-order valence-corrected chi connectivity index (χ4v) is 3.36. The number of amides is 1. The summed E-state index contributed by atoms with van der Waals surface area (Å²) in [7, 11) is 1.35. The molecule has 0 aliphatic heterocycles. The van der Waals surface area contributed by atoms with Crippen molar-refractivity contribution in [1.82, 2.24) is 0 Å². The fraction of sp³-hybridized carbons (Fsp3) is 0.333. The topological polar surface area (TPSA) is 55.4 Å². The lowest BCUT2D eigenvalue weighted by Gasteiger charge is -2.10. The molecular formula is C18H21NO3S. The molecule has 0 atom stereocenters. The summed E-state index contributed by atoms with van der Waals surface area (Å²) in [6, 6.07) is 7.36. The number of aryl methyl sites for hydroxylation is 1. The molecule has 0 fully saturated rings. The Hall–Kier alpha value is -2.14. The molecule has 1 amide bonds. The second-order valence-corrected chi connectivity index (χ2v) is 6.70. The van der Waals surface area contributed by atoms with Crippen LogP contribution in [0.3, 0.4) is 0 Å². The highest BCUT2D eigenvalue weighted by Gasteiger charge is 2.22. The van der Waals surface area contributed by atoms with E-state index in [9.17, 15) is 9.59 Å². The first-order chi connectivity index (χ1) is 10.9. The summed E-state index contributed by atoms with van der Waals surface area (Å²) in [5, 5.41) is 5.31. The van der Waals surface area contributed by atoms with Crippen LogP contribution in [-0.2, 0) is 11.2 Å². The number of ether oxygens (including phenoxy) is 1. The molecule has 0 spiro atoms. The lowest BCUT2D eigenvalue weighted by atomic mass is 10.0. The SMILES string of the molecule is COC(=O)c1c(CC(C)C)csc1NC(=O)c1ccccc1C. The Morgan fingerprint density at radius 3 is 2.57 bits per heavy atom. The molecule has 4 nitrogen and oxygen atoms in total. The number of carbonyl (C=O) groups excluding carboxylic acids is 2.